The predicted octanol–water partition coefficient (Wildman–Crippen LogP) is 1.91. The first-order valence-corrected chi connectivity index (χ1v) is 10.4. The van der Waals surface area contributed by atoms with Crippen LogP contribution >= 0.6 is 0 Å². The number of carbonyl (C=O) groups is 1. The van der Waals surface area contributed by atoms with Crippen LogP contribution in [0.3, 0.4) is 0 Å². The van der Waals surface area contributed by atoms with Crippen molar-refractivity contribution >= 4 is 5.91 Å². The Kier molecular flexibility index (Phi) is 6.02. The first-order valence-electron chi connectivity index (χ1n) is 10.4. The lowest BCUT2D eigenvalue weighted by Gasteiger charge is -2.32. The first kappa shape index (κ1) is 19.1. The lowest BCUT2D eigenvalue weighted by molar-refractivity contribution is 0.0903. The van der Waals surface area contributed by atoms with Crippen molar-refractivity contribution in [1.82, 2.24) is 30.5 Å². The fourth-order valence-electron chi connectivity index (χ4n) is 4.28. The standard InChI is InChI=1S/C21H30N6O/c1-16-20(24-25-27(16)19-7-11-22-12-8-19)21(28)23-18-9-13-26(14-10-18)15-17-5-3-2-4-6-17/h2-6,18-19,22H,7-15H2,1H3,(H,23,28). The van der Waals surface area contributed by atoms with Gasteiger partial charge in [-0.1, -0.05) is 35.5 Å². The molecule has 7 heteroatoms. The zero-order valence-corrected chi connectivity index (χ0v) is 16.6. The second-order valence-electron chi connectivity index (χ2n) is 7.96. The van der Waals surface area contributed by atoms with Crippen LogP contribution in [0.25, 0.3) is 0 Å². The fourth-order valence-corrected chi connectivity index (χ4v) is 4.28. The highest BCUT2D eigenvalue weighted by Crippen LogP contribution is 2.21. The van der Waals surface area contributed by atoms with Crippen molar-refractivity contribution < 1.29 is 4.79 Å². The van der Waals surface area contributed by atoms with Crippen LogP contribution in [0, 0.1) is 6.92 Å². The summed E-state index contributed by atoms with van der Waals surface area (Å²) in [5, 5.41) is 15.0. The smallest absolute Gasteiger partial charge is 0.273 e. The summed E-state index contributed by atoms with van der Waals surface area (Å²) in [4.78, 5) is 15.2. The Bertz CT molecular complexity index is 775. The van der Waals surface area contributed by atoms with E-state index < -0.39 is 0 Å². The summed E-state index contributed by atoms with van der Waals surface area (Å²) in [6.07, 6.45) is 4.01. The summed E-state index contributed by atoms with van der Waals surface area (Å²) in [5.41, 5.74) is 2.70. The molecule has 3 heterocycles. The third-order valence-corrected chi connectivity index (χ3v) is 5.97. The minimum atomic E-state index is -0.0841. The molecule has 0 aliphatic carbocycles. The van der Waals surface area contributed by atoms with E-state index in [1.807, 2.05) is 11.6 Å². The van der Waals surface area contributed by atoms with Crippen molar-refractivity contribution in [1.29, 1.82) is 0 Å². The molecule has 2 N–H and O–H groups in total. The quantitative estimate of drug-likeness (QED) is 0.826. The molecule has 2 saturated heterocycles. The molecule has 4 rings (SSSR count). The molecule has 0 atom stereocenters. The average Bonchev–Trinajstić information content (AvgIpc) is 3.12. The van der Waals surface area contributed by atoms with Crippen LogP contribution < -0.4 is 10.6 Å². The van der Waals surface area contributed by atoms with Crippen molar-refractivity contribution in [2.24, 2.45) is 0 Å². The van der Waals surface area contributed by atoms with Gasteiger partial charge in [-0.15, -0.1) is 5.10 Å². The van der Waals surface area contributed by atoms with Gasteiger partial charge >= 0.3 is 0 Å². The largest absolute Gasteiger partial charge is 0.348 e. The van der Waals surface area contributed by atoms with Gasteiger partial charge in [-0.25, -0.2) is 4.68 Å². The molecule has 2 fully saturated rings. The van der Waals surface area contributed by atoms with Crippen molar-refractivity contribution in [3.05, 3.63) is 47.3 Å². The van der Waals surface area contributed by atoms with Crippen LogP contribution in [0.5, 0.6) is 0 Å². The van der Waals surface area contributed by atoms with Gasteiger partial charge in [0.15, 0.2) is 5.69 Å². The van der Waals surface area contributed by atoms with E-state index in [1.54, 1.807) is 0 Å². The minimum Gasteiger partial charge on any atom is -0.348 e. The molecule has 2 aromatic rings. The zero-order chi connectivity index (χ0) is 19.3. The second kappa shape index (κ2) is 8.84. The van der Waals surface area contributed by atoms with Gasteiger partial charge in [0.05, 0.1) is 11.7 Å². The highest BCUT2D eigenvalue weighted by atomic mass is 16.2. The Morgan fingerprint density at radius 1 is 1.14 bits per heavy atom. The SMILES string of the molecule is Cc1c(C(=O)NC2CCN(Cc3ccccc3)CC2)nnn1C1CCNCC1. The van der Waals surface area contributed by atoms with Crippen molar-refractivity contribution in [2.75, 3.05) is 26.2 Å². The molecule has 1 amide bonds. The number of nitrogens with one attached hydrogen (secondary N) is 2. The minimum absolute atomic E-state index is 0.0841. The molecule has 1 aromatic heterocycles. The third-order valence-electron chi connectivity index (χ3n) is 5.97. The first-order chi connectivity index (χ1) is 13.7. The van der Waals surface area contributed by atoms with E-state index in [-0.39, 0.29) is 11.9 Å². The Morgan fingerprint density at radius 3 is 2.57 bits per heavy atom. The lowest BCUT2D eigenvalue weighted by Crippen LogP contribution is -2.44. The van der Waals surface area contributed by atoms with Gasteiger partial charge in [0.2, 0.25) is 0 Å². The van der Waals surface area contributed by atoms with E-state index in [2.05, 4.69) is 56.2 Å². The van der Waals surface area contributed by atoms with Crippen LogP contribution in [-0.2, 0) is 6.54 Å². The number of benzene rings is 1. The Hall–Kier alpha value is -2.25. The predicted molar refractivity (Wildman–Crippen MR) is 108 cm³/mol. The summed E-state index contributed by atoms with van der Waals surface area (Å²) >= 11 is 0. The highest BCUT2D eigenvalue weighted by molar-refractivity contribution is 5.93. The maximum absolute atomic E-state index is 12.7. The number of likely N-dealkylation sites (tertiary alicyclic amines) is 1. The normalized spacial score (nSPS) is 19.6. The number of carbonyl (C=O) groups excluding carboxylic acids is 1. The van der Waals surface area contributed by atoms with Gasteiger partial charge in [0.1, 0.15) is 0 Å². The Labute approximate surface area is 166 Å². The molecule has 7 nitrogen and oxygen atoms in total. The molecule has 0 spiro atoms. The van der Waals surface area contributed by atoms with Crippen LogP contribution in [0.4, 0.5) is 0 Å². The van der Waals surface area contributed by atoms with Gasteiger partial charge in [-0.05, 0) is 51.3 Å². The van der Waals surface area contributed by atoms with Gasteiger partial charge < -0.3 is 10.6 Å². The van der Waals surface area contributed by atoms with Crippen LogP contribution in [0.1, 0.15) is 53.5 Å². The molecule has 0 unspecified atom stereocenters. The van der Waals surface area contributed by atoms with E-state index in [9.17, 15) is 4.79 Å². The van der Waals surface area contributed by atoms with Crippen molar-refractivity contribution in [3.8, 4) is 0 Å². The molecule has 0 radical (unpaired) electrons. The zero-order valence-electron chi connectivity index (χ0n) is 16.6. The molecule has 150 valence electrons. The number of hydrogen-bond donors (Lipinski definition) is 2. The third kappa shape index (κ3) is 4.42. The van der Waals surface area contributed by atoms with Crippen molar-refractivity contribution in [3.63, 3.8) is 0 Å². The molecule has 28 heavy (non-hydrogen) atoms. The van der Waals surface area contributed by atoms with Gasteiger partial charge in [-0.3, -0.25) is 9.69 Å². The monoisotopic (exact) mass is 382 g/mol. The van der Waals surface area contributed by atoms with Crippen molar-refractivity contribution in [2.45, 2.75) is 51.2 Å². The Balaban J connectivity index is 1.29. The van der Waals surface area contributed by atoms with Gasteiger partial charge in [0, 0.05) is 25.7 Å². The average molecular weight is 383 g/mol. The fraction of sp³-hybridized carbons (Fsp3) is 0.571. The molecule has 2 aliphatic rings. The number of aromatic nitrogens is 3. The van der Waals surface area contributed by atoms with Gasteiger partial charge in [0.25, 0.3) is 5.91 Å². The number of amides is 1. The molecule has 0 bridgehead atoms. The van der Waals surface area contributed by atoms with Crippen LogP contribution in [0.2, 0.25) is 0 Å². The summed E-state index contributed by atoms with van der Waals surface area (Å²) in [6, 6.07) is 11.1. The highest BCUT2D eigenvalue weighted by Gasteiger charge is 2.26. The van der Waals surface area contributed by atoms with Crippen LogP contribution in [0.15, 0.2) is 30.3 Å². The van der Waals surface area contributed by atoms with E-state index in [0.29, 0.717) is 11.7 Å². The molecular weight excluding hydrogens is 352 g/mol. The van der Waals surface area contributed by atoms with Crippen LogP contribution in [-0.4, -0.2) is 58.0 Å². The summed E-state index contributed by atoms with van der Waals surface area (Å²) in [7, 11) is 0. The van der Waals surface area contributed by atoms with Gasteiger partial charge in [-0.2, -0.15) is 0 Å². The Morgan fingerprint density at radius 2 is 1.86 bits per heavy atom. The maximum atomic E-state index is 12.7. The van der Waals surface area contributed by atoms with E-state index in [4.69, 9.17) is 0 Å². The molecule has 0 saturated carbocycles. The number of piperidine rings is 2. The summed E-state index contributed by atoms with van der Waals surface area (Å²) in [6.45, 7) is 6.92. The molecular formula is C21H30N6O. The van der Waals surface area contributed by atoms with E-state index >= 15 is 0 Å². The second-order valence-corrected chi connectivity index (χ2v) is 7.96. The topological polar surface area (TPSA) is 75.1 Å². The number of rotatable bonds is 5. The van der Waals surface area contributed by atoms with E-state index in [0.717, 1.165) is 64.1 Å². The summed E-state index contributed by atoms with van der Waals surface area (Å²) < 4.78 is 1.94. The molecule has 1 aromatic carbocycles. The summed E-state index contributed by atoms with van der Waals surface area (Å²) in [5.74, 6) is -0.0841. The van der Waals surface area contributed by atoms with E-state index in [1.165, 1.54) is 5.56 Å². The maximum Gasteiger partial charge on any atom is 0.273 e. The number of hydrogen-bond acceptors (Lipinski definition) is 5. The number of nitrogens with zero attached hydrogens (tertiary/aromatic N) is 4. The lowest BCUT2D eigenvalue weighted by atomic mass is 10.0. The molecule has 2 aliphatic heterocycles.